The van der Waals surface area contributed by atoms with Crippen molar-refractivity contribution in [3.05, 3.63) is 70.9 Å². The van der Waals surface area contributed by atoms with Crippen molar-refractivity contribution in [3.63, 3.8) is 0 Å². The maximum Gasteiger partial charge on any atom is 0.329 e. The molecule has 5 nitrogen and oxygen atoms in total. The first-order chi connectivity index (χ1) is 12.9. The molecule has 0 aliphatic heterocycles. The van der Waals surface area contributed by atoms with Gasteiger partial charge in [0, 0.05) is 30.4 Å². The number of fused-ring (bicyclic) bond motifs is 1. The Morgan fingerprint density at radius 3 is 2.52 bits per heavy atom. The first-order valence-corrected chi connectivity index (χ1v) is 8.98. The molecule has 3 aromatic rings. The summed E-state index contributed by atoms with van der Waals surface area (Å²) < 4.78 is 5.50. The van der Waals surface area contributed by atoms with E-state index in [9.17, 15) is 9.59 Å². The van der Waals surface area contributed by atoms with Crippen molar-refractivity contribution in [1.29, 1.82) is 0 Å². The van der Waals surface area contributed by atoms with Crippen LogP contribution in [0.4, 0.5) is 0 Å². The number of hydrogen-bond acceptors (Lipinski definition) is 3. The number of nitrogens with one attached hydrogen (secondary N) is 2. The predicted molar refractivity (Wildman–Crippen MR) is 105 cm³/mol. The highest BCUT2D eigenvalue weighted by molar-refractivity contribution is 5.86. The summed E-state index contributed by atoms with van der Waals surface area (Å²) >= 11 is 0. The summed E-state index contributed by atoms with van der Waals surface area (Å²) in [6.45, 7) is 5.61. The molecule has 1 heterocycles. The summed E-state index contributed by atoms with van der Waals surface area (Å²) in [5.41, 5.74) is 5.15. The van der Waals surface area contributed by atoms with Gasteiger partial charge in [0.25, 0.3) is 0 Å². The first kappa shape index (κ1) is 18.7. The molecule has 0 saturated carbocycles. The monoisotopic (exact) mass is 364 g/mol. The molecule has 3 rings (SSSR count). The molecule has 0 bridgehead atoms. The summed E-state index contributed by atoms with van der Waals surface area (Å²) in [7, 11) is 0. The first-order valence-electron chi connectivity index (χ1n) is 8.98. The minimum absolute atomic E-state index is 0.186. The lowest BCUT2D eigenvalue weighted by Gasteiger charge is -2.17. The Morgan fingerprint density at radius 1 is 1.11 bits per heavy atom. The molecule has 1 aromatic heterocycles. The highest BCUT2D eigenvalue weighted by Gasteiger charge is 2.23. The Balaban J connectivity index is 1.73. The van der Waals surface area contributed by atoms with E-state index in [0.717, 1.165) is 33.2 Å². The second-order valence-electron chi connectivity index (χ2n) is 6.92. The van der Waals surface area contributed by atoms with Gasteiger partial charge in [-0.25, -0.2) is 4.79 Å². The summed E-state index contributed by atoms with van der Waals surface area (Å²) in [6, 6.07) is 13.2. The number of aromatic nitrogens is 1. The third kappa shape index (κ3) is 4.76. The van der Waals surface area contributed by atoms with Gasteiger partial charge >= 0.3 is 5.97 Å². The minimum atomic E-state index is -0.729. The Bertz CT molecular complexity index is 954. The van der Waals surface area contributed by atoms with E-state index in [1.165, 1.54) is 6.92 Å². The molecule has 27 heavy (non-hydrogen) atoms. The van der Waals surface area contributed by atoms with Gasteiger partial charge in [0.15, 0.2) is 0 Å². The van der Waals surface area contributed by atoms with Gasteiger partial charge in [-0.05, 0) is 31.0 Å². The molecule has 0 aliphatic rings. The number of esters is 1. The van der Waals surface area contributed by atoms with E-state index in [4.69, 9.17) is 4.74 Å². The number of carbonyl (C=O) groups excluding carboxylic acids is 2. The molecule has 1 amide bonds. The Hall–Kier alpha value is -3.08. The zero-order valence-electron chi connectivity index (χ0n) is 15.8. The van der Waals surface area contributed by atoms with E-state index >= 15 is 0 Å². The number of hydrogen-bond donors (Lipinski definition) is 2. The molecule has 1 unspecified atom stereocenters. The molecule has 0 radical (unpaired) electrons. The highest BCUT2D eigenvalue weighted by Crippen LogP contribution is 2.19. The van der Waals surface area contributed by atoms with E-state index in [1.807, 2.05) is 56.4 Å². The van der Waals surface area contributed by atoms with Crippen molar-refractivity contribution in [2.75, 3.05) is 0 Å². The van der Waals surface area contributed by atoms with Gasteiger partial charge in [-0.1, -0.05) is 47.5 Å². The van der Waals surface area contributed by atoms with Crippen LogP contribution in [-0.2, 0) is 27.4 Å². The largest absolute Gasteiger partial charge is 0.459 e. The van der Waals surface area contributed by atoms with Gasteiger partial charge < -0.3 is 15.0 Å². The van der Waals surface area contributed by atoms with Crippen LogP contribution in [0.5, 0.6) is 0 Å². The van der Waals surface area contributed by atoms with E-state index in [2.05, 4.69) is 16.4 Å². The van der Waals surface area contributed by atoms with Gasteiger partial charge in [-0.3, -0.25) is 4.79 Å². The van der Waals surface area contributed by atoms with Crippen LogP contribution in [0.3, 0.4) is 0 Å². The molecule has 5 heteroatoms. The molecule has 0 spiro atoms. The molecule has 140 valence electrons. The lowest BCUT2D eigenvalue weighted by atomic mass is 10.0. The fourth-order valence-electron chi connectivity index (χ4n) is 3.37. The van der Waals surface area contributed by atoms with Crippen LogP contribution in [0, 0.1) is 13.8 Å². The number of carbonyl (C=O) groups is 2. The van der Waals surface area contributed by atoms with E-state index < -0.39 is 12.0 Å². The third-order valence-corrected chi connectivity index (χ3v) is 4.42. The third-order valence-electron chi connectivity index (χ3n) is 4.42. The fraction of sp³-hybridized carbons (Fsp3) is 0.273. The summed E-state index contributed by atoms with van der Waals surface area (Å²) in [5.74, 6) is -0.696. The average Bonchev–Trinajstić information content (AvgIpc) is 3.01. The van der Waals surface area contributed by atoms with E-state index in [0.29, 0.717) is 6.42 Å². The van der Waals surface area contributed by atoms with Gasteiger partial charge in [-0.15, -0.1) is 0 Å². The predicted octanol–water partition coefficient (Wildman–Crippen LogP) is 3.58. The molecule has 0 saturated heterocycles. The maximum atomic E-state index is 12.6. The molecule has 1 atom stereocenters. The molecular weight excluding hydrogens is 340 g/mol. The average molecular weight is 364 g/mol. The number of rotatable bonds is 6. The summed E-state index contributed by atoms with van der Waals surface area (Å²) in [4.78, 5) is 27.4. The lowest BCUT2D eigenvalue weighted by Crippen LogP contribution is -2.42. The van der Waals surface area contributed by atoms with Crippen LogP contribution in [0.1, 0.15) is 29.2 Å². The highest BCUT2D eigenvalue weighted by atomic mass is 16.5. The maximum absolute atomic E-state index is 12.6. The van der Waals surface area contributed by atoms with Crippen LogP contribution in [-0.4, -0.2) is 22.9 Å². The van der Waals surface area contributed by atoms with Crippen molar-refractivity contribution in [2.24, 2.45) is 0 Å². The van der Waals surface area contributed by atoms with Crippen LogP contribution >= 0.6 is 0 Å². The molecule has 2 N–H and O–H groups in total. The van der Waals surface area contributed by atoms with Crippen molar-refractivity contribution in [3.8, 4) is 0 Å². The number of H-pyrrole nitrogens is 1. The zero-order chi connectivity index (χ0) is 19.4. The van der Waals surface area contributed by atoms with E-state index in [-0.39, 0.29) is 12.5 Å². The fourth-order valence-corrected chi connectivity index (χ4v) is 3.37. The standard InChI is InChI=1S/C22H24N2O3/c1-14-8-15(2)10-17(9-14)13-27-22(26)21(24-16(3)25)11-18-12-23-20-7-5-4-6-19(18)20/h4-10,12,21,23H,11,13H2,1-3H3,(H,24,25). The Kier molecular flexibility index (Phi) is 5.60. The quantitative estimate of drug-likeness (QED) is 0.657. The van der Waals surface area contributed by atoms with Gasteiger partial charge in [0.05, 0.1) is 0 Å². The Morgan fingerprint density at radius 2 is 1.81 bits per heavy atom. The number of aromatic amines is 1. The van der Waals surface area contributed by atoms with Crippen LogP contribution in [0.15, 0.2) is 48.7 Å². The molecule has 2 aromatic carbocycles. The van der Waals surface area contributed by atoms with Gasteiger partial charge in [0.2, 0.25) is 5.91 Å². The molecule has 0 aliphatic carbocycles. The summed E-state index contributed by atoms with van der Waals surface area (Å²) in [6.07, 6.45) is 2.24. The SMILES string of the molecule is CC(=O)NC(Cc1c[nH]c2ccccc12)C(=O)OCc1cc(C)cc(C)c1. The topological polar surface area (TPSA) is 71.2 Å². The van der Waals surface area contributed by atoms with Crippen molar-refractivity contribution in [2.45, 2.75) is 39.8 Å². The second kappa shape index (κ2) is 8.08. The van der Waals surface area contributed by atoms with Crippen molar-refractivity contribution in [1.82, 2.24) is 10.3 Å². The number of benzene rings is 2. The van der Waals surface area contributed by atoms with Crippen LogP contribution < -0.4 is 5.32 Å². The van der Waals surface area contributed by atoms with Gasteiger partial charge in [-0.2, -0.15) is 0 Å². The molecular formula is C22H24N2O3. The number of amides is 1. The number of aryl methyl sites for hydroxylation is 2. The number of para-hydroxylation sites is 1. The zero-order valence-corrected chi connectivity index (χ0v) is 15.8. The van der Waals surface area contributed by atoms with E-state index in [1.54, 1.807) is 0 Å². The number of ether oxygens (including phenoxy) is 1. The normalized spacial score (nSPS) is 12.0. The van der Waals surface area contributed by atoms with Crippen LogP contribution in [0.25, 0.3) is 10.9 Å². The van der Waals surface area contributed by atoms with Crippen LogP contribution in [0.2, 0.25) is 0 Å². The smallest absolute Gasteiger partial charge is 0.329 e. The van der Waals surface area contributed by atoms with Gasteiger partial charge in [0.1, 0.15) is 12.6 Å². The molecule has 0 fully saturated rings. The van der Waals surface area contributed by atoms with Crippen molar-refractivity contribution >= 4 is 22.8 Å². The van der Waals surface area contributed by atoms with Crippen molar-refractivity contribution < 1.29 is 14.3 Å². The minimum Gasteiger partial charge on any atom is -0.459 e. The Labute approximate surface area is 158 Å². The lowest BCUT2D eigenvalue weighted by molar-refractivity contribution is -0.149. The second-order valence-corrected chi connectivity index (χ2v) is 6.92. The summed E-state index contributed by atoms with van der Waals surface area (Å²) in [5, 5.41) is 3.75.